The molecule has 0 bridgehead atoms. The molecule has 2 aromatic heterocycles. The van der Waals surface area contributed by atoms with E-state index in [1.54, 1.807) is 6.92 Å². The number of aromatic nitrogens is 2. The summed E-state index contributed by atoms with van der Waals surface area (Å²) in [6.45, 7) is 4.47. The minimum absolute atomic E-state index is 0.0755. The zero-order valence-electron chi connectivity index (χ0n) is 12.8. The van der Waals surface area contributed by atoms with E-state index in [1.165, 1.54) is 31.8 Å². The third-order valence-corrected chi connectivity index (χ3v) is 3.45. The molecule has 8 heteroatoms. The maximum Gasteiger partial charge on any atom is 0.310 e. The molecule has 0 spiro atoms. The fourth-order valence-electron chi connectivity index (χ4n) is 1.93. The highest BCUT2D eigenvalue weighted by Crippen LogP contribution is 2.21. The Morgan fingerprint density at radius 3 is 2.68 bits per heavy atom. The average Bonchev–Trinajstić information content (AvgIpc) is 2.77. The monoisotopic (exact) mass is 307 g/mol. The van der Waals surface area contributed by atoms with Crippen LogP contribution in [0.3, 0.4) is 0 Å². The fraction of sp³-hybridized carbons (Fsp3) is 0.429. The first kappa shape index (κ1) is 15.7. The van der Waals surface area contributed by atoms with E-state index in [-0.39, 0.29) is 29.0 Å². The van der Waals surface area contributed by atoms with Crippen molar-refractivity contribution >= 4 is 23.0 Å². The first-order valence-electron chi connectivity index (χ1n) is 6.61. The van der Waals surface area contributed by atoms with Crippen molar-refractivity contribution in [1.29, 1.82) is 0 Å². The largest absolute Gasteiger partial charge is 0.481 e. The second-order valence-electron chi connectivity index (χ2n) is 5.75. The van der Waals surface area contributed by atoms with Crippen LogP contribution in [0.5, 0.6) is 0 Å². The van der Waals surface area contributed by atoms with E-state index in [0.717, 1.165) is 0 Å². The molecule has 0 saturated heterocycles. The van der Waals surface area contributed by atoms with Crippen molar-refractivity contribution in [2.24, 2.45) is 12.5 Å². The van der Waals surface area contributed by atoms with Gasteiger partial charge in [0, 0.05) is 13.6 Å². The molecule has 0 atom stereocenters. The molecule has 1 amide bonds. The Kier molecular flexibility index (Phi) is 3.78. The summed E-state index contributed by atoms with van der Waals surface area (Å²) in [5.41, 5.74) is -1.34. The van der Waals surface area contributed by atoms with Gasteiger partial charge in [0.25, 0.3) is 11.5 Å². The first-order valence-corrected chi connectivity index (χ1v) is 6.61. The Morgan fingerprint density at radius 1 is 1.45 bits per heavy atom. The van der Waals surface area contributed by atoms with Gasteiger partial charge in [-0.2, -0.15) is 0 Å². The topological polar surface area (TPSA) is 114 Å². The maximum absolute atomic E-state index is 12.3. The molecule has 0 saturated carbocycles. The quantitative estimate of drug-likeness (QED) is 0.858. The number of rotatable bonds is 4. The highest BCUT2D eigenvalue weighted by Gasteiger charge is 2.29. The molecule has 2 N–H and O–H groups in total. The van der Waals surface area contributed by atoms with Gasteiger partial charge in [0.15, 0.2) is 0 Å². The van der Waals surface area contributed by atoms with Crippen LogP contribution in [0, 0.1) is 12.3 Å². The molecule has 0 unspecified atom stereocenters. The molecule has 0 aromatic carbocycles. The highest BCUT2D eigenvalue weighted by molar-refractivity contribution is 6.06. The second kappa shape index (κ2) is 5.28. The van der Waals surface area contributed by atoms with Crippen molar-refractivity contribution in [3.05, 3.63) is 28.0 Å². The number of carbonyl (C=O) groups is 2. The van der Waals surface area contributed by atoms with Gasteiger partial charge >= 0.3 is 5.97 Å². The third kappa shape index (κ3) is 2.59. The van der Waals surface area contributed by atoms with E-state index < -0.39 is 22.9 Å². The number of amides is 1. The lowest BCUT2D eigenvalue weighted by Gasteiger charge is -2.19. The predicted octanol–water partition coefficient (Wildman–Crippen LogP) is 0.676. The van der Waals surface area contributed by atoms with Crippen LogP contribution in [0.25, 0.3) is 11.1 Å². The lowest BCUT2D eigenvalue weighted by molar-refractivity contribution is -0.146. The van der Waals surface area contributed by atoms with Crippen molar-refractivity contribution in [1.82, 2.24) is 14.9 Å². The lowest BCUT2D eigenvalue weighted by atomic mass is 9.94. The van der Waals surface area contributed by atoms with Gasteiger partial charge in [-0.05, 0) is 20.8 Å². The summed E-state index contributed by atoms with van der Waals surface area (Å²) in [6.07, 6.45) is 1.31. The molecule has 2 rings (SSSR count). The second-order valence-corrected chi connectivity index (χ2v) is 5.75. The number of nitrogens with one attached hydrogen (secondary N) is 1. The summed E-state index contributed by atoms with van der Waals surface area (Å²) in [4.78, 5) is 39.5. The number of hydrogen-bond donors (Lipinski definition) is 2. The summed E-state index contributed by atoms with van der Waals surface area (Å²) in [7, 11) is 1.52. The predicted molar refractivity (Wildman–Crippen MR) is 77.7 cm³/mol. The summed E-state index contributed by atoms with van der Waals surface area (Å²) in [5.74, 6) is -1.33. The number of carboxylic acids is 1. The molecular formula is C14H17N3O5. The first-order chi connectivity index (χ1) is 10.1. The number of furan rings is 1. The molecule has 0 fully saturated rings. The molecule has 2 aromatic rings. The van der Waals surface area contributed by atoms with E-state index >= 15 is 0 Å². The van der Waals surface area contributed by atoms with Gasteiger partial charge < -0.3 is 19.4 Å². The number of aryl methyl sites for hydroxylation is 2. The molecule has 8 nitrogen and oxygen atoms in total. The molecule has 0 aliphatic rings. The highest BCUT2D eigenvalue weighted by atomic mass is 16.4. The Morgan fingerprint density at radius 2 is 2.09 bits per heavy atom. The van der Waals surface area contributed by atoms with Crippen LogP contribution < -0.4 is 10.9 Å². The molecule has 118 valence electrons. The minimum atomic E-state index is -1.12. The molecule has 0 radical (unpaired) electrons. The van der Waals surface area contributed by atoms with Crippen LogP contribution in [0.15, 0.2) is 15.5 Å². The minimum Gasteiger partial charge on any atom is -0.481 e. The third-order valence-electron chi connectivity index (χ3n) is 3.45. The number of carboxylic acid groups (broad SMARTS) is 1. The molecule has 22 heavy (non-hydrogen) atoms. The number of hydrogen-bond acceptors (Lipinski definition) is 5. The van der Waals surface area contributed by atoms with E-state index in [2.05, 4.69) is 10.3 Å². The standard InChI is InChI=1S/C14H17N3O5/c1-7-8(10(18)15-5-14(2,3)13(20)21)9-11(22-7)16-6-17(4)12(9)19/h6H,5H2,1-4H3,(H,15,18)(H,20,21). The zero-order chi connectivity index (χ0) is 16.7. The Hall–Kier alpha value is -2.64. The Bertz CT molecular complexity index is 816. The van der Waals surface area contributed by atoms with Crippen molar-refractivity contribution in [2.75, 3.05) is 6.54 Å². The molecular weight excluding hydrogens is 290 g/mol. The van der Waals surface area contributed by atoms with Crippen molar-refractivity contribution in [2.45, 2.75) is 20.8 Å². The number of aliphatic carboxylic acids is 1. The summed E-state index contributed by atoms with van der Waals surface area (Å²) < 4.78 is 6.58. The van der Waals surface area contributed by atoms with E-state index in [0.29, 0.717) is 0 Å². The summed E-state index contributed by atoms with van der Waals surface area (Å²) in [6, 6.07) is 0. The number of fused-ring (bicyclic) bond motifs is 1. The van der Waals surface area contributed by atoms with Crippen LogP contribution in [-0.2, 0) is 11.8 Å². The average molecular weight is 307 g/mol. The zero-order valence-corrected chi connectivity index (χ0v) is 12.8. The van der Waals surface area contributed by atoms with Gasteiger partial charge in [-0.25, -0.2) is 4.98 Å². The van der Waals surface area contributed by atoms with E-state index in [1.807, 2.05) is 0 Å². The lowest BCUT2D eigenvalue weighted by Crippen LogP contribution is -2.39. The Balaban J connectivity index is 2.41. The number of nitrogens with zero attached hydrogens (tertiary/aromatic N) is 2. The molecule has 2 heterocycles. The normalized spacial score (nSPS) is 11.6. The van der Waals surface area contributed by atoms with E-state index in [4.69, 9.17) is 9.52 Å². The van der Waals surface area contributed by atoms with Gasteiger partial charge in [-0.15, -0.1) is 0 Å². The summed E-state index contributed by atoms with van der Waals surface area (Å²) in [5, 5.41) is 11.7. The smallest absolute Gasteiger partial charge is 0.310 e. The van der Waals surface area contributed by atoms with Gasteiger partial charge in [0.1, 0.15) is 17.5 Å². The van der Waals surface area contributed by atoms with Crippen LogP contribution in [0.4, 0.5) is 0 Å². The van der Waals surface area contributed by atoms with Crippen LogP contribution >= 0.6 is 0 Å². The Labute approximate surface area is 125 Å². The molecule has 0 aliphatic carbocycles. The number of carbonyl (C=O) groups excluding carboxylic acids is 1. The van der Waals surface area contributed by atoms with Crippen molar-refractivity contribution < 1.29 is 19.1 Å². The fourth-order valence-corrected chi connectivity index (χ4v) is 1.93. The van der Waals surface area contributed by atoms with Crippen LogP contribution in [0.1, 0.15) is 30.0 Å². The SMILES string of the molecule is Cc1oc2ncn(C)c(=O)c2c1C(=O)NCC(C)(C)C(=O)O. The van der Waals surface area contributed by atoms with E-state index in [9.17, 15) is 14.4 Å². The maximum atomic E-state index is 12.3. The van der Waals surface area contributed by atoms with Crippen molar-refractivity contribution in [3.63, 3.8) is 0 Å². The van der Waals surface area contributed by atoms with Gasteiger partial charge in [0.2, 0.25) is 5.71 Å². The van der Waals surface area contributed by atoms with Crippen molar-refractivity contribution in [3.8, 4) is 0 Å². The van der Waals surface area contributed by atoms with Crippen LogP contribution in [0.2, 0.25) is 0 Å². The van der Waals surface area contributed by atoms with Gasteiger partial charge in [-0.1, -0.05) is 0 Å². The van der Waals surface area contributed by atoms with Gasteiger partial charge in [-0.3, -0.25) is 14.4 Å². The summed E-state index contributed by atoms with van der Waals surface area (Å²) >= 11 is 0. The van der Waals surface area contributed by atoms with Gasteiger partial charge in [0.05, 0.1) is 11.0 Å². The van der Waals surface area contributed by atoms with Crippen LogP contribution in [-0.4, -0.2) is 33.1 Å². The molecule has 0 aliphatic heterocycles.